The minimum absolute atomic E-state index is 0.0575. The largest absolute Gasteiger partial charge is 0.335 e. The van der Waals surface area contributed by atoms with Crippen molar-refractivity contribution >= 4 is 46.0 Å². The molecule has 0 radical (unpaired) electrons. The van der Waals surface area contributed by atoms with Crippen molar-refractivity contribution in [2.75, 3.05) is 18.9 Å². The van der Waals surface area contributed by atoms with Gasteiger partial charge in [0.15, 0.2) is 0 Å². The van der Waals surface area contributed by atoms with E-state index in [9.17, 15) is 19.6 Å². The number of nitrogens with one attached hydrogen (secondary N) is 2. The van der Waals surface area contributed by atoms with Crippen LogP contribution in [0, 0.1) is 24.2 Å². The molecule has 1 saturated carbocycles. The quantitative estimate of drug-likeness (QED) is 0.520. The van der Waals surface area contributed by atoms with Gasteiger partial charge in [0.1, 0.15) is 23.4 Å². The Bertz CT molecular complexity index is 1540. The first kappa shape index (κ1) is 24.4. The number of H-pyrrole nitrogens is 1. The molecule has 1 spiro atoms. The molecule has 2 aliphatic heterocycles. The number of hydrogen-bond donors (Lipinski definition) is 2. The number of aromatic nitrogens is 2. The fourth-order valence-electron chi connectivity index (χ4n) is 5.89. The van der Waals surface area contributed by atoms with Gasteiger partial charge in [0.05, 0.1) is 11.5 Å². The first-order valence-corrected chi connectivity index (χ1v) is 13.1. The molecule has 3 aromatic rings. The Morgan fingerprint density at radius 3 is 2.82 bits per heavy atom. The van der Waals surface area contributed by atoms with Crippen molar-refractivity contribution in [2.24, 2.45) is 5.92 Å². The summed E-state index contributed by atoms with van der Waals surface area (Å²) in [6, 6.07) is 9.50. The van der Waals surface area contributed by atoms with E-state index < -0.39 is 17.5 Å². The summed E-state index contributed by atoms with van der Waals surface area (Å²) in [4.78, 5) is 51.3. The molecule has 0 bridgehead atoms. The van der Waals surface area contributed by atoms with Crippen molar-refractivity contribution in [2.45, 2.75) is 50.1 Å². The van der Waals surface area contributed by atoms with Gasteiger partial charge in [-0.3, -0.25) is 14.4 Å². The summed E-state index contributed by atoms with van der Waals surface area (Å²) < 4.78 is 0. The Labute approximate surface area is 224 Å². The third-order valence-electron chi connectivity index (χ3n) is 8.28. The maximum absolute atomic E-state index is 14.1. The lowest BCUT2D eigenvalue weighted by atomic mass is 9.80. The average molecular weight is 531 g/mol. The molecule has 10 heteroatoms. The van der Waals surface area contributed by atoms with Crippen LogP contribution in [0.25, 0.3) is 11.0 Å². The predicted molar refractivity (Wildman–Crippen MR) is 142 cm³/mol. The van der Waals surface area contributed by atoms with E-state index in [1.54, 1.807) is 37.5 Å². The van der Waals surface area contributed by atoms with Crippen LogP contribution in [0.3, 0.4) is 0 Å². The first-order chi connectivity index (χ1) is 18.2. The molecule has 3 amide bonds. The molecule has 2 aromatic heterocycles. The van der Waals surface area contributed by atoms with E-state index in [2.05, 4.69) is 21.4 Å². The molecule has 4 heterocycles. The zero-order valence-corrected chi connectivity index (χ0v) is 21.9. The second-order valence-corrected chi connectivity index (χ2v) is 11.2. The standard InChI is InChI=1S/C28H27ClN6O3/c1-15-7-8-31-24-19(15)11-22(32-24)25(36)34(2)23(9-16-3-4-16)26(37)35-14-28(12-18(35)13-30)20-10-17(29)5-6-21(20)33-27(28)38/h5-8,10-11,16,18,23H,3-4,9,12,14H2,1-2H3,(H,31,32)(H,33,38)/t18-,23-,28-/m0/s1. The molecule has 194 valence electrons. The highest BCUT2D eigenvalue weighted by atomic mass is 35.5. The lowest BCUT2D eigenvalue weighted by molar-refractivity contribution is -0.136. The molecule has 1 aliphatic carbocycles. The maximum atomic E-state index is 14.1. The molecule has 2 fully saturated rings. The molecule has 3 aliphatic rings. The summed E-state index contributed by atoms with van der Waals surface area (Å²) in [5, 5.41) is 14.3. The second-order valence-electron chi connectivity index (χ2n) is 10.7. The lowest BCUT2D eigenvalue weighted by Gasteiger charge is -2.32. The number of aromatic amines is 1. The third kappa shape index (κ3) is 3.82. The molecule has 6 rings (SSSR count). The van der Waals surface area contributed by atoms with Gasteiger partial charge < -0.3 is 20.1 Å². The van der Waals surface area contributed by atoms with Gasteiger partial charge in [-0.15, -0.1) is 0 Å². The molecule has 0 unspecified atom stereocenters. The number of fused-ring (bicyclic) bond motifs is 3. The monoisotopic (exact) mass is 530 g/mol. The minimum atomic E-state index is -1.05. The van der Waals surface area contributed by atoms with Crippen LogP contribution in [-0.2, 0) is 15.0 Å². The van der Waals surface area contributed by atoms with E-state index in [1.807, 2.05) is 13.0 Å². The minimum Gasteiger partial charge on any atom is -0.335 e. The number of carbonyl (C=O) groups excluding carboxylic acids is 3. The molecular formula is C28H27ClN6O3. The van der Waals surface area contributed by atoms with Crippen LogP contribution in [0.5, 0.6) is 0 Å². The number of pyridine rings is 1. The van der Waals surface area contributed by atoms with Crippen molar-refractivity contribution in [3.8, 4) is 6.07 Å². The fourth-order valence-corrected chi connectivity index (χ4v) is 6.06. The Kier molecular flexibility index (Phi) is 5.69. The third-order valence-corrected chi connectivity index (χ3v) is 8.51. The molecule has 3 atom stereocenters. The smallest absolute Gasteiger partial charge is 0.270 e. The van der Waals surface area contributed by atoms with Gasteiger partial charge in [-0.2, -0.15) is 5.26 Å². The molecule has 1 aromatic carbocycles. The molecule has 2 N–H and O–H groups in total. The number of aryl methyl sites for hydroxylation is 1. The summed E-state index contributed by atoms with van der Waals surface area (Å²) in [5.41, 5.74) is 2.26. The first-order valence-electron chi connectivity index (χ1n) is 12.7. The zero-order chi connectivity index (χ0) is 26.8. The number of nitriles is 1. The van der Waals surface area contributed by atoms with Crippen LogP contribution >= 0.6 is 11.6 Å². The van der Waals surface area contributed by atoms with E-state index in [0.29, 0.717) is 40.0 Å². The Hall–Kier alpha value is -3.90. The number of nitrogens with zero attached hydrogens (tertiary/aromatic N) is 4. The van der Waals surface area contributed by atoms with Crippen molar-refractivity contribution in [3.05, 3.63) is 58.4 Å². The second kappa shape index (κ2) is 8.84. The van der Waals surface area contributed by atoms with E-state index >= 15 is 0 Å². The number of halogens is 1. The molecule has 38 heavy (non-hydrogen) atoms. The van der Waals surface area contributed by atoms with Gasteiger partial charge in [0.25, 0.3) is 5.91 Å². The van der Waals surface area contributed by atoms with E-state index in [1.165, 1.54) is 9.80 Å². The van der Waals surface area contributed by atoms with E-state index in [4.69, 9.17) is 11.6 Å². The van der Waals surface area contributed by atoms with Crippen LogP contribution < -0.4 is 5.32 Å². The van der Waals surface area contributed by atoms with Crippen LogP contribution in [0.2, 0.25) is 5.02 Å². The van der Waals surface area contributed by atoms with Crippen LogP contribution in [-0.4, -0.2) is 63.2 Å². The summed E-state index contributed by atoms with van der Waals surface area (Å²) in [6.07, 6.45) is 4.37. The van der Waals surface area contributed by atoms with Crippen LogP contribution in [0.15, 0.2) is 36.5 Å². The highest BCUT2D eigenvalue weighted by Crippen LogP contribution is 2.47. The summed E-state index contributed by atoms with van der Waals surface area (Å²) in [7, 11) is 1.63. The molecule has 1 saturated heterocycles. The number of carbonyl (C=O) groups is 3. The fraction of sp³-hybridized carbons (Fsp3) is 0.393. The van der Waals surface area contributed by atoms with Gasteiger partial charge in [0, 0.05) is 42.3 Å². The molecule has 9 nitrogen and oxygen atoms in total. The topological polar surface area (TPSA) is 122 Å². The number of benzene rings is 1. The zero-order valence-electron chi connectivity index (χ0n) is 21.1. The summed E-state index contributed by atoms with van der Waals surface area (Å²) in [6.45, 7) is 2.01. The SMILES string of the molecule is Cc1ccnc2[nH]c(C(=O)N(C)[C@@H](CC3CC3)C(=O)N3C[C@]4(C[C@H]3C#N)C(=O)Nc3ccc(Cl)cc34)cc12. The number of hydrogen-bond acceptors (Lipinski definition) is 5. The van der Waals surface area contributed by atoms with Crippen LogP contribution in [0.4, 0.5) is 5.69 Å². The number of amides is 3. The summed E-state index contributed by atoms with van der Waals surface area (Å²) in [5.74, 6) is -0.531. The van der Waals surface area contributed by atoms with Crippen molar-refractivity contribution < 1.29 is 14.4 Å². The van der Waals surface area contributed by atoms with Crippen LogP contribution in [0.1, 0.15) is 47.3 Å². The van der Waals surface area contributed by atoms with Gasteiger partial charge in [0.2, 0.25) is 11.8 Å². The number of anilines is 1. The highest BCUT2D eigenvalue weighted by Gasteiger charge is 2.57. The van der Waals surface area contributed by atoms with Crippen molar-refractivity contribution in [3.63, 3.8) is 0 Å². The van der Waals surface area contributed by atoms with Gasteiger partial charge in [-0.25, -0.2) is 4.98 Å². The normalized spacial score (nSPS) is 22.8. The lowest BCUT2D eigenvalue weighted by Crippen LogP contribution is -2.51. The Balaban J connectivity index is 1.32. The van der Waals surface area contributed by atoms with Gasteiger partial charge >= 0.3 is 0 Å². The van der Waals surface area contributed by atoms with Crippen molar-refractivity contribution in [1.82, 2.24) is 19.8 Å². The Morgan fingerprint density at radius 2 is 2.11 bits per heavy atom. The van der Waals surface area contributed by atoms with Gasteiger partial charge in [-0.05, 0) is 60.7 Å². The average Bonchev–Trinajstić information content (AvgIpc) is 3.37. The molecular weight excluding hydrogens is 504 g/mol. The predicted octanol–water partition coefficient (Wildman–Crippen LogP) is 3.78. The Morgan fingerprint density at radius 1 is 1.32 bits per heavy atom. The number of likely N-dealkylation sites (tertiary alicyclic amines) is 1. The number of likely N-dealkylation sites (N-methyl/N-ethyl adjacent to an activating group) is 1. The van der Waals surface area contributed by atoms with E-state index in [0.717, 1.165) is 23.8 Å². The highest BCUT2D eigenvalue weighted by molar-refractivity contribution is 6.31. The van der Waals surface area contributed by atoms with E-state index in [-0.39, 0.29) is 30.7 Å². The number of rotatable bonds is 5. The van der Waals surface area contributed by atoms with Crippen molar-refractivity contribution in [1.29, 1.82) is 5.26 Å². The summed E-state index contributed by atoms with van der Waals surface area (Å²) >= 11 is 6.25. The van der Waals surface area contributed by atoms with Gasteiger partial charge in [-0.1, -0.05) is 24.4 Å². The maximum Gasteiger partial charge on any atom is 0.270 e.